The minimum Gasteiger partial charge on any atom is -0.256 e. The van der Waals surface area contributed by atoms with Gasteiger partial charge < -0.3 is 0 Å². The van der Waals surface area contributed by atoms with Crippen LogP contribution in [0.15, 0.2) is 213 Å². The van der Waals surface area contributed by atoms with E-state index >= 15 is 0 Å². The predicted molar refractivity (Wildman–Crippen MR) is 263 cm³/mol. The molecule has 308 valence electrons. The SMILES string of the molecule is c1ccc(-c2ccc(-c3nc(-c4cc(-c5cc(-c6cccc7ncccc67)ccn5)cc(-c5cc6ccccc6c6ccccc56)c4)nc(-c4ccc(-c5ccccn5)cn4)n3)nc2)nc1. The van der Waals surface area contributed by atoms with Crippen molar-refractivity contribution in [2.24, 2.45) is 0 Å². The molecule has 0 aliphatic carbocycles. The van der Waals surface area contributed by atoms with E-state index in [0.717, 1.165) is 83.3 Å². The van der Waals surface area contributed by atoms with Crippen molar-refractivity contribution in [3.63, 3.8) is 0 Å². The third kappa shape index (κ3) is 7.26. The molecule has 9 heteroatoms. The normalized spacial score (nSPS) is 11.3. The Morgan fingerprint density at radius 2 is 0.864 bits per heavy atom. The first-order chi connectivity index (χ1) is 32.7. The summed E-state index contributed by atoms with van der Waals surface area (Å²) in [5.74, 6) is 1.28. The first-order valence-corrected chi connectivity index (χ1v) is 21.6. The van der Waals surface area contributed by atoms with Gasteiger partial charge in [0.1, 0.15) is 11.4 Å². The molecular formula is C57H35N9. The quantitative estimate of drug-likeness (QED) is 0.138. The number of fused-ring (bicyclic) bond motifs is 4. The molecule has 66 heavy (non-hydrogen) atoms. The Balaban J connectivity index is 1.07. The fourth-order valence-corrected chi connectivity index (χ4v) is 8.62. The Labute approximate surface area is 379 Å². The number of hydrogen-bond donors (Lipinski definition) is 0. The fraction of sp³-hybridized carbons (Fsp3) is 0. The number of rotatable bonds is 8. The van der Waals surface area contributed by atoms with E-state index in [4.69, 9.17) is 29.9 Å². The first kappa shape index (κ1) is 38.5. The topological polar surface area (TPSA) is 116 Å². The van der Waals surface area contributed by atoms with Crippen molar-refractivity contribution in [3.8, 4) is 90.5 Å². The van der Waals surface area contributed by atoms with Crippen LogP contribution in [0.3, 0.4) is 0 Å². The summed E-state index contributed by atoms with van der Waals surface area (Å²) in [6.45, 7) is 0. The third-order valence-corrected chi connectivity index (χ3v) is 11.8. The summed E-state index contributed by atoms with van der Waals surface area (Å²) in [7, 11) is 0. The molecule has 0 aliphatic heterocycles. The molecule has 7 aromatic heterocycles. The second kappa shape index (κ2) is 16.5. The highest BCUT2D eigenvalue weighted by Gasteiger charge is 2.19. The zero-order chi connectivity index (χ0) is 43.8. The van der Waals surface area contributed by atoms with E-state index in [0.29, 0.717) is 28.9 Å². The van der Waals surface area contributed by atoms with Gasteiger partial charge in [0.25, 0.3) is 0 Å². The molecule has 0 unspecified atom stereocenters. The van der Waals surface area contributed by atoms with Crippen molar-refractivity contribution >= 4 is 32.4 Å². The maximum atomic E-state index is 5.18. The van der Waals surface area contributed by atoms with Crippen molar-refractivity contribution in [3.05, 3.63) is 213 Å². The van der Waals surface area contributed by atoms with Crippen molar-refractivity contribution in [1.29, 1.82) is 0 Å². The first-order valence-electron chi connectivity index (χ1n) is 21.6. The molecule has 0 atom stereocenters. The summed E-state index contributed by atoms with van der Waals surface area (Å²) in [5.41, 5.74) is 12.2. The van der Waals surface area contributed by atoms with E-state index in [1.807, 2.05) is 91.3 Å². The van der Waals surface area contributed by atoms with Crippen LogP contribution < -0.4 is 0 Å². The fourth-order valence-electron chi connectivity index (χ4n) is 8.62. The van der Waals surface area contributed by atoms with E-state index in [2.05, 4.69) is 112 Å². The summed E-state index contributed by atoms with van der Waals surface area (Å²) < 4.78 is 0. The molecule has 0 aliphatic rings. The van der Waals surface area contributed by atoms with Crippen LogP contribution >= 0.6 is 0 Å². The summed E-state index contributed by atoms with van der Waals surface area (Å²) in [5, 5.41) is 5.72. The standard InChI is InChI=1S/C57H35N9/c1-2-12-43-36(11-1)32-48(46-14-4-3-13-45(43)46)40-29-41(54-33-37(24-28-61-54)44-15-9-19-51-47(44)16-10-27-60-51)31-42(30-40)55-64-56(52-22-20-38(34-62-52)49-17-5-7-25-58-49)66-57(65-55)53-23-21-39(35-63-53)50-18-6-8-26-59-50/h1-35H. The van der Waals surface area contributed by atoms with Gasteiger partial charge in [0, 0.05) is 64.8 Å². The van der Waals surface area contributed by atoms with Gasteiger partial charge >= 0.3 is 0 Å². The highest BCUT2D eigenvalue weighted by atomic mass is 15.1. The summed E-state index contributed by atoms with van der Waals surface area (Å²) in [6, 6.07) is 59.8. The molecule has 0 N–H and O–H groups in total. The smallest absolute Gasteiger partial charge is 0.182 e. The lowest BCUT2D eigenvalue weighted by molar-refractivity contribution is 1.05. The van der Waals surface area contributed by atoms with Crippen LogP contribution in [0.1, 0.15) is 0 Å². The molecule has 0 bridgehead atoms. The van der Waals surface area contributed by atoms with Crippen molar-refractivity contribution < 1.29 is 0 Å². The van der Waals surface area contributed by atoms with Gasteiger partial charge in [0.2, 0.25) is 0 Å². The van der Waals surface area contributed by atoms with Crippen molar-refractivity contribution in [2.45, 2.75) is 0 Å². The Kier molecular flexibility index (Phi) is 9.61. The van der Waals surface area contributed by atoms with E-state index in [1.54, 1.807) is 24.8 Å². The molecule has 12 rings (SSSR count). The molecule has 0 saturated heterocycles. The highest BCUT2D eigenvalue weighted by Crippen LogP contribution is 2.40. The van der Waals surface area contributed by atoms with Crippen LogP contribution in [0.4, 0.5) is 0 Å². The van der Waals surface area contributed by atoms with Crippen LogP contribution in [-0.2, 0) is 0 Å². The van der Waals surface area contributed by atoms with Crippen LogP contribution in [-0.4, -0.2) is 44.9 Å². The molecule has 0 saturated carbocycles. The van der Waals surface area contributed by atoms with Gasteiger partial charge in [-0.2, -0.15) is 0 Å². The number of benzene rings is 5. The number of hydrogen-bond acceptors (Lipinski definition) is 9. The molecule has 0 fully saturated rings. The lowest BCUT2D eigenvalue weighted by Crippen LogP contribution is -2.02. The zero-order valence-electron chi connectivity index (χ0n) is 35.2. The Hall–Kier alpha value is -9.21. The summed E-state index contributed by atoms with van der Waals surface area (Å²) in [6.07, 6.45) is 10.8. The molecule has 7 heterocycles. The van der Waals surface area contributed by atoms with E-state index in [9.17, 15) is 0 Å². The molecule has 0 radical (unpaired) electrons. The minimum atomic E-state index is 0.408. The van der Waals surface area contributed by atoms with Gasteiger partial charge in [-0.1, -0.05) is 78.9 Å². The maximum absolute atomic E-state index is 5.18. The monoisotopic (exact) mass is 845 g/mol. The van der Waals surface area contributed by atoms with Crippen LogP contribution in [0.2, 0.25) is 0 Å². The van der Waals surface area contributed by atoms with Crippen LogP contribution in [0.25, 0.3) is 123 Å². The number of nitrogens with zero attached hydrogens (tertiary/aromatic N) is 9. The molecule has 12 aromatic rings. The lowest BCUT2D eigenvalue weighted by atomic mass is 9.90. The summed E-state index contributed by atoms with van der Waals surface area (Å²) in [4.78, 5) is 43.8. The third-order valence-electron chi connectivity index (χ3n) is 11.8. The second-order valence-corrected chi connectivity index (χ2v) is 15.9. The predicted octanol–water partition coefficient (Wildman–Crippen LogP) is 13.0. The number of pyridine rings is 6. The van der Waals surface area contributed by atoms with Crippen LogP contribution in [0, 0.1) is 0 Å². The highest BCUT2D eigenvalue weighted by molar-refractivity contribution is 6.14. The van der Waals surface area contributed by atoms with Gasteiger partial charge in [0.15, 0.2) is 17.5 Å². The second-order valence-electron chi connectivity index (χ2n) is 15.9. The van der Waals surface area contributed by atoms with Gasteiger partial charge in [-0.3, -0.25) is 29.9 Å². The van der Waals surface area contributed by atoms with Gasteiger partial charge in [-0.15, -0.1) is 0 Å². The Morgan fingerprint density at radius 3 is 1.56 bits per heavy atom. The van der Waals surface area contributed by atoms with Crippen molar-refractivity contribution in [2.75, 3.05) is 0 Å². The molecular weight excluding hydrogens is 811 g/mol. The van der Waals surface area contributed by atoms with Crippen molar-refractivity contribution in [1.82, 2.24) is 44.9 Å². The maximum Gasteiger partial charge on any atom is 0.182 e. The lowest BCUT2D eigenvalue weighted by Gasteiger charge is -2.15. The van der Waals surface area contributed by atoms with E-state index in [1.165, 1.54) is 10.8 Å². The average molecular weight is 846 g/mol. The molecule has 0 amide bonds. The average Bonchev–Trinajstić information content (AvgIpc) is 3.41. The van der Waals surface area contributed by atoms with Gasteiger partial charge in [-0.25, -0.2) is 15.0 Å². The number of aromatic nitrogens is 9. The van der Waals surface area contributed by atoms with E-state index in [-0.39, 0.29) is 0 Å². The van der Waals surface area contributed by atoms with E-state index < -0.39 is 0 Å². The largest absolute Gasteiger partial charge is 0.256 e. The molecule has 9 nitrogen and oxygen atoms in total. The zero-order valence-corrected chi connectivity index (χ0v) is 35.2. The molecule has 0 spiro atoms. The van der Waals surface area contributed by atoms with Crippen LogP contribution in [0.5, 0.6) is 0 Å². The van der Waals surface area contributed by atoms with Gasteiger partial charge in [0.05, 0.1) is 22.6 Å². The molecule has 5 aromatic carbocycles. The minimum absolute atomic E-state index is 0.408. The summed E-state index contributed by atoms with van der Waals surface area (Å²) >= 11 is 0. The van der Waals surface area contributed by atoms with Gasteiger partial charge in [-0.05, 0) is 141 Å². The Bertz CT molecular complexity index is 3640. The Morgan fingerprint density at radius 1 is 0.258 bits per heavy atom.